The lowest BCUT2D eigenvalue weighted by atomic mass is 10.00. The van der Waals surface area contributed by atoms with Crippen molar-refractivity contribution in [2.24, 2.45) is 11.5 Å². The smallest absolute Gasteiger partial charge is 0.245 e. The van der Waals surface area contributed by atoms with Crippen molar-refractivity contribution in [2.75, 3.05) is 59.3 Å². The van der Waals surface area contributed by atoms with Crippen molar-refractivity contribution in [3.8, 4) is 5.75 Å². The van der Waals surface area contributed by atoms with Crippen molar-refractivity contribution in [2.45, 2.75) is 165 Å². The summed E-state index contributed by atoms with van der Waals surface area (Å²) in [7, 11) is 5.98. The number of hydrogen-bond donors (Lipinski definition) is 15. The number of aromatic nitrogens is 2. The van der Waals surface area contributed by atoms with Gasteiger partial charge in [0, 0.05) is 93.1 Å². The molecule has 11 amide bonds. The zero-order valence-electron chi connectivity index (χ0n) is 57.6. The minimum Gasteiger partial charge on any atom is -0.508 e. The summed E-state index contributed by atoms with van der Waals surface area (Å²) in [5, 5.41) is 44.4. The van der Waals surface area contributed by atoms with Crippen LogP contribution in [0.25, 0.3) is 21.8 Å². The average Bonchev–Trinajstić information content (AvgIpc) is 1.79. The Bertz CT molecular complexity index is 3600. The number of guanidine groups is 1. The van der Waals surface area contributed by atoms with E-state index in [2.05, 4.69) is 57.8 Å². The number of aromatic hydroxyl groups is 1. The summed E-state index contributed by atoms with van der Waals surface area (Å²) in [5.41, 5.74) is 14.9. The van der Waals surface area contributed by atoms with Gasteiger partial charge in [0.15, 0.2) is 5.96 Å². The number of phenols is 1. The number of hydrogen-bond acceptors (Lipinski definition) is 15. The van der Waals surface area contributed by atoms with Crippen LogP contribution in [0.2, 0.25) is 0 Å². The molecule has 2 heterocycles. The first-order valence-electron chi connectivity index (χ1n) is 33.7. The molecular weight excluding hydrogens is 1290 g/mol. The van der Waals surface area contributed by atoms with Gasteiger partial charge in [0.25, 0.3) is 0 Å². The van der Waals surface area contributed by atoms with Gasteiger partial charge in [0.1, 0.15) is 48.0 Å². The lowest BCUT2D eigenvalue weighted by Gasteiger charge is -2.36. The average molecular weight is 1390 g/mol. The fourth-order valence-corrected chi connectivity index (χ4v) is 12.1. The number of amides is 11. The van der Waals surface area contributed by atoms with Gasteiger partial charge in [-0.3, -0.25) is 58.1 Å². The van der Waals surface area contributed by atoms with E-state index in [0.717, 1.165) is 62.4 Å². The highest BCUT2D eigenvalue weighted by Crippen LogP contribution is 2.24. The van der Waals surface area contributed by atoms with Crippen LogP contribution in [0.5, 0.6) is 5.75 Å². The zero-order chi connectivity index (χ0) is 72.3. The van der Waals surface area contributed by atoms with Crippen molar-refractivity contribution in [1.82, 2.24) is 72.5 Å². The van der Waals surface area contributed by atoms with Crippen molar-refractivity contribution < 1.29 is 57.8 Å². The Morgan fingerprint density at radius 3 is 1.72 bits per heavy atom. The maximum atomic E-state index is 15.1. The number of likely N-dealkylation sites (N-methyl/N-ethyl adjacent to an activating group) is 4. The molecule has 0 spiro atoms. The second kappa shape index (κ2) is 39.0. The molecule has 30 heteroatoms. The van der Waals surface area contributed by atoms with E-state index in [-0.39, 0.29) is 80.9 Å². The summed E-state index contributed by atoms with van der Waals surface area (Å²) in [5.74, 6) is -7.12. The monoisotopic (exact) mass is 1390 g/mol. The third kappa shape index (κ3) is 24.1. The van der Waals surface area contributed by atoms with Crippen molar-refractivity contribution in [3.63, 3.8) is 0 Å². The molecule has 29 nitrogen and oxygen atoms in total. The molecule has 99 heavy (non-hydrogen) atoms. The molecule has 8 atom stereocenters. The molecule has 0 bridgehead atoms. The first kappa shape index (κ1) is 78.3. The third-order valence-corrected chi connectivity index (χ3v) is 18.4. The van der Waals surface area contributed by atoms with Gasteiger partial charge in [0.2, 0.25) is 65.0 Å². The number of primary amides is 1. The summed E-state index contributed by atoms with van der Waals surface area (Å²) >= 11 is 1.13. The molecular formula is C69H99N17O12S. The summed E-state index contributed by atoms with van der Waals surface area (Å²) in [6.07, 6.45) is 7.99. The Kier molecular flexibility index (Phi) is 30.9. The molecule has 0 radical (unpaired) electrons. The Morgan fingerprint density at radius 2 is 1.13 bits per heavy atom. The number of nitrogens with zero attached hydrogens (tertiary/aromatic N) is 3. The molecule has 1 fully saturated rings. The molecule has 3 aromatic carbocycles. The lowest BCUT2D eigenvalue weighted by molar-refractivity contribution is -0.149. The number of unbranched alkanes of at least 4 members (excludes halogenated alkanes) is 2. The topological polar surface area (TPSA) is 433 Å². The van der Waals surface area contributed by atoms with Crippen LogP contribution in [-0.2, 0) is 72.0 Å². The minimum atomic E-state index is -1.28. The lowest BCUT2D eigenvalue weighted by Crippen LogP contribution is -2.59. The van der Waals surface area contributed by atoms with Crippen LogP contribution in [0.4, 0.5) is 0 Å². The van der Waals surface area contributed by atoms with Crippen LogP contribution in [0, 0.1) is 5.41 Å². The SMILES string of the molecule is CCCC[C@@H](C(=O)N(C)[C@@H](CCCC)C(=O)N[C@@H](CCCNC(=N)N)C(=O)NCCSCC(=O)N[C@@H](Cc1ccc(O)cc1)C(=O)N(C)[C@@H](C)C(=O)N[C@@H](CC(N)=O)C(=O)NC1CC1)N(C)C(=O)[C@H](Cc1c[nH]c2ccccc12)NC(=O)CNC(=O)[C@H](Cc1c[nH]c2ccccc12)NC. The van der Waals surface area contributed by atoms with Crippen LogP contribution >= 0.6 is 11.8 Å². The molecule has 0 unspecified atom stereocenters. The number of thioether (sulfide) groups is 1. The number of H-pyrrole nitrogens is 2. The number of benzene rings is 3. The standard InChI is InChI=1S/C69H99N17O12S/c1-8-10-22-56(85(6)68(98)57(23-11-9-2)86(7)67(97)55(35-44-38-77-50-20-15-13-18-48(44)50)80-59(89)39-78-63(93)52(73-4)34-43-37-76-49-19-14-12-17-47(43)49)65(95)82-51(21-16-30-75-69(71)72)62(92)74-31-32-99-40-60(90)81-54(33-42-24-28-46(87)29-25-42)66(96)84(5)41(3)61(91)83-53(36-58(70)88)64(94)79-45-26-27-45/h12-15,17-20,24-25,28-29,37-38,41,45,51-57,73,76-77,87H,8-11,16,21-23,26-27,30-36,39-40H2,1-7H3,(H2,70,88)(H,74,92)(H,78,93)(H,79,94)(H,80,89)(H,81,90)(H,82,95)(H,83,91)(H4,71,72,75)/t41-,51-,52-,53-,54-,55-,56-,57-/m0/s1. The third-order valence-electron chi connectivity index (χ3n) is 17.5. The highest BCUT2D eigenvalue weighted by molar-refractivity contribution is 7.99. The largest absolute Gasteiger partial charge is 0.508 e. The fourth-order valence-electron chi connectivity index (χ4n) is 11.4. The van der Waals surface area contributed by atoms with Crippen molar-refractivity contribution in [3.05, 3.63) is 102 Å². The quantitative estimate of drug-likeness (QED) is 0.0148. The van der Waals surface area contributed by atoms with Crippen LogP contribution in [0.15, 0.2) is 85.2 Å². The molecule has 5 aromatic rings. The van der Waals surface area contributed by atoms with Gasteiger partial charge < -0.3 is 89.1 Å². The molecule has 17 N–H and O–H groups in total. The van der Waals surface area contributed by atoms with Gasteiger partial charge >= 0.3 is 0 Å². The normalized spacial score (nSPS) is 14.3. The predicted octanol–water partition coefficient (Wildman–Crippen LogP) is 1.17. The van der Waals surface area contributed by atoms with E-state index in [4.69, 9.17) is 16.9 Å². The Labute approximate surface area is 581 Å². The summed E-state index contributed by atoms with van der Waals surface area (Å²) in [4.78, 5) is 163. The first-order chi connectivity index (χ1) is 47.3. The number of para-hydroxylation sites is 2. The Morgan fingerprint density at radius 1 is 0.586 bits per heavy atom. The molecule has 1 saturated carbocycles. The Balaban J connectivity index is 1.11. The van der Waals surface area contributed by atoms with Gasteiger partial charge in [0.05, 0.1) is 24.8 Å². The Hall–Kier alpha value is -9.71. The van der Waals surface area contributed by atoms with E-state index in [0.29, 0.717) is 37.7 Å². The maximum Gasteiger partial charge on any atom is 0.245 e. The van der Waals surface area contributed by atoms with Gasteiger partial charge in [-0.2, -0.15) is 11.8 Å². The number of carbonyl (C=O) groups excluding carboxylic acids is 11. The molecule has 2 aromatic heterocycles. The first-order valence-corrected chi connectivity index (χ1v) is 34.8. The van der Waals surface area contributed by atoms with Gasteiger partial charge in [-0.15, -0.1) is 0 Å². The number of phenolic OH excluding ortho intramolecular Hbond substituents is 1. The maximum absolute atomic E-state index is 15.1. The van der Waals surface area contributed by atoms with Gasteiger partial charge in [-0.25, -0.2) is 0 Å². The summed E-state index contributed by atoms with van der Waals surface area (Å²) in [6, 6.07) is 12.1. The van der Waals surface area contributed by atoms with Crippen molar-refractivity contribution in [1.29, 1.82) is 5.41 Å². The number of fused-ring (bicyclic) bond motifs is 2. The van der Waals surface area contributed by atoms with Crippen molar-refractivity contribution >= 4 is 105 Å². The van der Waals surface area contributed by atoms with E-state index >= 15 is 9.59 Å². The second-order valence-electron chi connectivity index (χ2n) is 25.0. The minimum absolute atomic E-state index is 0.0143. The number of rotatable bonds is 42. The van der Waals surface area contributed by atoms with Crippen LogP contribution < -0.4 is 59.3 Å². The number of carbonyl (C=O) groups is 11. The van der Waals surface area contributed by atoms with Gasteiger partial charge in [-0.1, -0.05) is 88.1 Å². The fraction of sp³-hybridized carbons (Fsp3) is 0.507. The van der Waals surface area contributed by atoms with E-state index in [9.17, 15) is 48.3 Å². The van der Waals surface area contributed by atoms with Gasteiger partial charge in [-0.05, 0) is 99.9 Å². The molecule has 6 rings (SSSR count). The summed E-state index contributed by atoms with van der Waals surface area (Å²) in [6.45, 7) is 5.04. The molecule has 1 aliphatic rings. The van der Waals surface area contributed by atoms with Crippen LogP contribution in [0.3, 0.4) is 0 Å². The second-order valence-corrected chi connectivity index (χ2v) is 26.1. The molecule has 0 aliphatic heterocycles. The highest BCUT2D eigenvalue weighted by Gasteiger charge is 2.39. The molecule has 538 valence electrons. The number of aromatic amines is 2. The van der Waals surface area contributed by atoms with Crippen LogP contribution in [0.1, 0.15) is 108 Å². The van der Waals surface area contributed by atoms with E-state index in [1.165, 1.54) is 50.0 Å². The number of nitrogens with two attached hydrogens (primary N) is 2. The summed E-state index contributed by atoms with van der Waals surface area (Å²) < 4.78 is 0. The molecule has 1 aliphatic carbocycles. The van der Waals surface area contributed by atoms with E-state index in [1.807, 2.05) is 68.6 Å². The predicted molar refractivity (Wildman–Crippen MR) is 378 cm³/mol. The number of nitrogens with one attached hydrogen (secondary N) is 12. The zero-order valence-corrected chi connectivity index (χ0v) is 58.4. The molecule has 0 saturated heterocycles. The van der Waals surface area contributed by atoms with E-state index < -0.39 is 126 Å². The van der Waals surface area contributed by atoms with E-state index in [1.54, 1.807) is 25.4 Å². The highest BCUT2D eigenvalue weighted by atomic mass is 32.2. The van der Waals surface area contributed by atoms with Crippen LogP contribution in [-0.4, -0.2) is 214 Å².